The Kier molecular flexibility index (Phi) is 3.39. The molecule has 1 heterocycles. The van der Waals surface area contributed by atoms with E-state index in [-0.39, 0.29) is 5.91 Å². The average Bonchev–Trinajstić information content (AvgIpc) is 2.76. The molecule has 0 bridgehead atoms. The first kappa shape index (κ1) is 11.6. The minimum absolute atomic E-state index is 0.294. The summed E-state index contributed by atoms with van der Waals surface area (Å²) in [6.07, 6.45) is 0.634. The molecule has 1 aromatic carbocycles. The maximum Gasteiger partial charge on any atom is 0.257 e. The molecule has 0 saturated heterocycles. The summed E-state index contributed by atoms with van der Waals surface area (Å²) >= 11 is 5.80. The van der Waals surface area contributed by atoms with E-state index in [1.807, 2.05) is 6.92 Å². The number of hydrogen-bond donors (Lipinski definition) is 1. The minimum atomic E-state index is -0.294. The fourth-order valence-electron chi connectivity index (χ4n) is 1.34. The van der Waals surface area contributed by atoms with Crippen LogP contribution in [0.15, 0.2) is 28.9 Å². The van der Waals surface area contributed by atoms with Gasteiger partial charge in [-0.3, -0.25) is 4.79 Å². The van der Waals surface area contributed by atoms with Crippen molar-refractivity contribution < 1.29 is 9.42 Å². The Hall–Kier alpha value is -1.88. The summed E-state index contributed by atoms with van der Waals surface area (Å²) in [5.74, 6) is 0.0513. The summed E-state index contributed by atoms with van der Waals surface area (Å²) in [7, 11) is 0. The highest BCUT2D eigenvalue weighted by molar-refractivity contribution is 6.31. The van der Waals surface area contributed by atoms with Gasteiger partial charge in [0.1, 0.15) is 5.69 Å². The lowest BCUT2D eigenvalue weighted by Gasteiger charge is -2.02. The highest BCUT2D eigenvalue weighted by atomic mass is 35.5. The topological polar surface area (TPSA) is 68.0 Å². The fourth-order valence-corrected chi connectivity index (χ4v) is 1.53. The van der Waals surface area contributed by atoms with Crippen LogP contribution in [0, 0.1) is 0 Å². The van der Waals surface area contributed by atoms with E-state index < -0.39 is 0 Å². The molecule has 1 aromatic heterocycles. The van der Waals surface area contributed by atoms with Crippen LogP contribution in [0.4, 0.5) is 5.82 Å². The zero-order valence-corrected chi connectivity index (χ0v) is 9.86. The van der Waals surface area contributed by atoms with Gasteiger partial charge in [-0.05, 0) is 29.8 Å². The molecule has 1 amide bonds. The van der Waals surface area contributed by atoms with Crippen LogP contribution in [0.2, 0.25) is 5.02 Å². The molecule has 0 aliphatic carbocycles. The molecule has 0 saturated carbocycles. The number of aromatic nitrogens is 2. The number of nitrogens with one attached hydrogen (secondary N) is 1. The highest BCUT2D eigenvalue weighted by Gasteiger charge is 2.13. The van der Waals surface area contributed by atoms with Gasteiger partial charge in [-0.1, -0.05) is 29.7 Å². The van der Waals surface area contributed by atoms with E-state index in [0.717, 1.165) is 0 Å². The third-order valence-corrected chi connectivity index (χ3v) is 2.45. The van der Waals surface area contributed by atoms with Gasteiger partial charge in [0.05, 0.1) is 0 Å². The molecule has 2 aromatic rings. The fraction of sp³-hybridized carbons (Fsp3) is 0.182. The van der Waals surface area contributed by atoms with Gasteiger partial charge in [-0.2, -0.15) is 0 Å². The van der Waals surface area contributed by atoms with E-state index >= 15 is 0 Å². The number of carbonyl (C=O) groups excluding carboxylic acids is 1. The van der Waals surface area contributed by atoms with Gasteiger partial charge in [0.2, 0.25) is 5.82 Å². The summed E-state index contributed by atoms with van der Waals surface area (Å²) < 4.78 is 4.56. The first-order chi connectivity index (χ1) is 8.20. The van der Waals surface area contributed by atoms with Gasteiger partial charge < -0.3 is 5.32 Å². The Labute approximate surface area is 103 Å². The summed E-state index contributed by atoms with van der Waals surface area (Å²) in [5.41, 5.74) is 1.07. The Balaban J connectivity index is 2.17. The number of rotatable bonds is 3. The second-order valence-corrected chi connectivity index (χ2v) is 3.81. The van der Waals surface area contributed by atoms with Gasteiger partial charge in [0.25, 0.3) is 5.91 Å². The molecule has 1 N–H and O–H groups in total. The summed E-state index contributed by atoms with van der Waals surface area (Å²) in [4.78, 5) is 11.9. The molecule has 0 aliphatic heterocycles. The second kappa shape index (κ2) is 4.97. The zero-order chi connectivity index (χ0) is 12.3. The largest absolute Gasteiger partial charge is 0.302 e. The first-order valence-corrected chi connectivity index (χ1v) is 5.47. The number of benzene rings is 1. The van der Waals surface area contributed by atoms with Crippen molar-refractivity contribution in [2.24, 2.45) is 0 Å². The van der Waals surface area contributed by atoms with Crippen LogP contribution < -0.4 is 5.32 Å². The third-order valence-electron chi connectivity index (χ3n) is 2.21. The number of anilines is 1. The number of carbonyl (C=O) groups is 1. The van der Waals surface area contributed by atoms with Gasteiger partial charge >= 0.3 is 0 Å². The van der Waals surface area contributed by atoms with E-state index in [9.17, 15) is 4.79 Å². The van der Waals surface area contributed by atoms with Crippen molar-refractivity contribution in [3.8, 4) is 0 Å². The van der Waals surface area contributed by atoms with Gasteiger partial charge in [-0.15, -0.1) is 0 Å². The molecule has 88 valence electrons. The zero-order valence-electron chi connectivity index (χ0n) is 9.11. The maximum absolute atomic E-state index is 11.9. The molecule has 0 unspecified atom stereocenters. The van der Waals surface area contributed by atoms with Crippen LogP contribution in [-0.4, -0.2) is 16.2 Å². The van der Waals surface area contributed by atoms with Crippen molar-refractivity contribution in [2.75, 3.05) is 5.32 Å². The Bertz CT molecular complexity index is 539. The summed E-state index contributed by atoms with van der Waals surface area (Å²) in [6, 6.07) is 6.66. The van der Waals surface area contributed by atoms with E-state index in [1.165, 1.54) is 0 Å². The maximum atomic E-state index is 11.9. The Morgan fingerprint density at radius 3 is 3.00 bits per heavy atom. The van der Waals surface area contributed by atoms with Crippen molar-refractivity contribution in [1.29, 1.82) is 0 Å². The van der Waals surface area contributed by atoms with Gasteiger partial charge in [0, 0.05) is 10.6 Å². The smallest absolute Gasteiger partial charge is 0.257 e. The van der Waals surface area contributed by atoms with Crippen LogP contribution in [0.25, 0.3) is 0 Å². The molecule has 5 nitrogen and oxygen atoms in total. The van der Waals surface area contributed by atoms with Crippen LogP contribution >= 0.6 is 11.6 Å². The highest BCUT2D eigenvalue weighted by Crippen LogP contribution is 2.14. The molecular weight excluding hydrogens is 242 g/mol. The quantitative estimate of drug-likeness (QED) is 0.910. The minimum Gasteiger partial charge on any atom is -0.302 e. The van der Waals surface area contributed by atoms with Gasteiger partial charge in [-0.25, -0.2) is 4.63 Å². The number of amides is 1. The van der Waals surface area contributed by atoms with Crippen molar-refractivity contribution >= 4 is 23.3 Å². The Morgan fingerprint density at radius 1 is 1.47 bits per heavy atom. The standard InChI is InChI=1S/C11H10ClN3O2/c1-2-9-10(15-17-14-9)13-11(16)7-4-3-5-8(12)6-7/h3-6H,2H2,1H3,(H,13,15,16). The van der Waals surface area contributed by atoms with Crippen molar-refractivity contribution in [3.05, 3.63) is 40.5 Å². The van der Waals surface area contributed by atoms with E-state index in [1.54, 1.807) is 24.3 Å². The van der Waals surface area contributed by atoms with Crippen LogP contribution in [-0.2, 0) is 6.42 Å². The molecule has 0 fully saturated rings. The molecule has 2 rings (SSSR count). The first-order valence-electron chi connectivity index (χ1n) is 5.09. The SMILES string of the molecule is CCc1nonc1NC(=O)c1cccc(Cl)c1. The lowest BCUT2D eigenvalue weighted by atomic mass is 10.2. The normalized spacial score (nSPS) is 10.2. The second-order valence-electron chi connectivity index (χ2n) is 3.38. The predicted octanol–water partition coefficient (Wildman–Crippen LogP) is 2.54. The number of aryl methyl sites for hydroxylation is 1. The van der Waals surface area contributed by atoms with Crippen molar-refractivity contribution in [1.82, 2.24) is 10.3 Å². The lowest BCUT2D eigenvalue weighted by molar-refractivity contribution is 0.102. The van der Waals surface area contributed by atoms with Crippen LogP contribution in [0.1, 0.15) is 23.0 Å². The van der Waals surface area contributed by atoms with E-state index in [0.29, 0.717) is 28.5 Å². The number of hydrogen-bond acceptors (Lipinski definition) is 4. The van der Waals surface area contributed by atoms with Crippen molar-refractivity contribution in [3.63, 3.8) is 0 Å². The molecule has 0 aliphatic rings. The lowest BCUT2D eigenvalue weighted by Crippen LogP contribution is -2.13. The summed E-state index contributed by atoms with van der Waals surface area (Å²) in [6.45, 7) is 1.90. The number of nitrogens with zero attached hydrogens (tertiary/aromatic N) is 2. The van der Waals surface area contributed by atoms with E-state index in [2.05, 4.69) is 20.3 Å². The molecule has 0 atom stereocenters. The Morgan fingerprint density at radius 2 is 2.29 bits per heavy atom. The van der Waals surface area contributed by atoms with Crippen LogP contribution in [0.5, 0.6) is 0 Å². The average molecular weight is 252 g/mol. The predicted molar refractivity (Wildman–Crippen MR) is 63.1 cm³/mol. The van der Waals surface area contributed by atoms with E-state index in [4.69, 9.17) is 11.6 Å². The molecule has 6 heteroatoms. The summed E-state index contributed by atoms with van der Waals surface area (Å²) in [5, 5.41) is 10.4. The number of halogens is 1. The molecular formula is C11H10ClN3O2. The third kappa shape index (κ3) is 2.62. The molecule has 0 spiro atoms. The van der Waals surface area contributed by atoms with Gasteiger partial charge in [0.15, 0.2) is 0 Å². The monoisotopic (exact) mass is 251 g/mol. The van der Waals surface area contributed by atoms with Crippen molar-refractivity contribution in [2.45, 2.75) is 13.3 Å². The molecule has 17 heavy (non-hydrogen) atoms. The molecule has 0 radical (unpaired) electrons. The van der Waals surface area contributed by atoms with Crippen LogP contribution in [0.3, 0.4) is 0 Å².